The summed E-state index contributed by atoms with van der Waals surface area (Å²) in [5, 5.41) is 0. The number of rotatable bonds is 5. The molecule has 1 fully saturated rings. The molecule has 0 spiro atoms. The Morgan fingerprint density at radius 1 is 1.55 bits per heavy atom. The first-order valence-corrected chi connectivity index (χ1v) is 4.68. The fourth-order valence-corrected chi connectivity index (χ4v) is 1.27. The van der Waals surface area contributed by atoms with Gasteiger partial charge in [-0.15, -0.1) is 0 Å². The smallest absolute Gasteiger partial charge is 0.00425 e. The summed E-state index contributed by atoms with van der Waals surface area (Å²) in [4.78, 5) is 0. The standard InChI is InChI=1S/C10H19N/c1-9(3-2-8-11)4-5-10-6-7-10/h3,10H,2,4-8,11H2,1H3. The maximum atomic E-state index is 5.40. The zero-order chi connectivity index (χ0) is 8.10. The predicted molar refractivity (Wildman–Crippen MR) is 49.4 cm³/mol. The summed E-state index contributed by atoms with van der Waals surface area (Å²) in [6.07, 6.45) is 8.99. The number of nitrogens with two attached hydrogens (primary N) is 1. The van der Waals surface area contributed by atoms with Crippen molar-refractivity contribution in [3.05, 3.63) is 11.6 Å². The molecule has 0 saturated heterocycles. The van der Waals surface area contributed by atoms with Crippen LogP contribution in [0.15, 0.2) is 11.6 Å². The minimum atomic E-state index is 0.792. The lowest BCUT2D eigenvalue weighted by Crippen LogP contribution is -1.96. The first kappa shape index (κ1) is 8.79. The molecule has 0 aromatic rings. The molecular formula is C10H19N. The number of hydrogen-bond donors (Lipinski definition) is 1. The lowest BCUT2D eigenvalue weighted by Gasteiger charge is -1.98. The second-order valence-electron chi connectivity index (χ2n) is 3.61. The monoisotopic (exact) mass is 153 g/mol. The van der Waals surface area contributed by atoms with E-state index in [0.717, 1.165) is 18.9 Å². The molecule has 0 aliphatic heterocycles. The van der Waals surface area contributed by atoms with Gasteiger partial charge in [-0.05, 0) is 38.6 Å². The van der Waals surface area contributed by atoms with Crippen LogP contribution in [0.1, 0.15) is 39.0 Å². The Bertz CT molecular complexity index is 134. The molecule has 0 amide bonds. The Kier molecular flexibility index (Phi) is 3.64. The topological polar surface area (TPSA) is 26.0 Å². The Morgan fingerprint density at radius 2 is 2.27 bits per heavy atom. The van der Waals surface area contributed by atoms with Gasteiger partial charge in [-0.25, -0.2) is 0 Å². The number of allylic oxidation sites excluding steroid dienone is 1. The van der Waals surface area contributed by atoms with Crippen LogP contribution in [0.25, 0.3) is 0 Å². The van der Waals surface area contributed by atoms with Gasteiger partial charge in [0.2, 0.25) is 0 Å². The summed E-state index contributed by atoms with van der Waals surface area (Å²) in [6.45, 7) is 3.01. The third kappa shape index (κ3) is 4.20. The predicted octanol–water partition coefficient (Wildman–Crippen LogP) is 2.47. The highest BCUT2D eigenvalue weighted by molar-refractivity contribution is 4.98. The first-order chi connectivity index (χ1) is 5.33. The molecule has 0 bridgehead atoms. The molecule has 1 rings (SSSR count). The Balaban J connectivity index is 2.02. The van der Waals surface area contributed by atoms with Gasteiger partial charge in [0.05, 0.1) is 0 Å². The average molecular weight is 153 g/mol. The SMILES string of the molecule is CC(=CCCN)CCC1CC1. The fourth-order valence-electron chi connectivity index (χ4n) is 1.27. The van der Waals surface area contributed by atoms with Crippen molar-refractivity contribution < 1.29 is 0 Å². The van der Waals surface area contributed by atoms with Gasteiger partial charge in [0.25, 0.3) is 0 Å². The van der Waals surface area contributed by atoms with E-state index in [9.17, 15) is 0 Å². The van der Waals surface area contributed by atoms with Crippen LogP contribution in [0.5, 0.6) is 0 Å². The van der Waals surface area contributed by atoms with Crippen molar-refractivity contribution in [3.63, 3.8) is 0 Å². The van der Waals surface area contributed by atoms with Crippen LogP contribution in [0.2, 0.25) is 0 Å². The highest BCUT2D eigenvalue weighted by Crippen LogP contribution is 2.34. The van der Waals surface area contributed by atoms with E-state index in [1.807, 2.05) is 0 Å². The molecule has 1 aliphatic carbocycles. The Morgan fingerprint density at radius 3 is 2.82 bits per heavy atom. The van der Waals surface area contributed by atoms with Crippen molar-refractivity contribution in [3.8, 4) is 0 Å². The van der Waals surface area contributed by atoms with Crippen molar-refractivity contribution in [2.75, 3.05) is 6.54 Å². The quantitative estimate of drug-likeness (QED) is 0.603. The van der Waals surface area contributed by atoms with Crippen LogP contribution >= 0.6 is 0 Å². The molecule has 1 aliphatic rings. The molecule has 0 unspecified atom stereocenters. The average Bonchev–Trinajstić information content (AvgIpc) is 2.80. The molecule has 0 heterocycles. The molecule has 0 aromatic carbocycles. The molecule has 1 nitrogen and oxygen atoms in total. The molecule has 0 aromatic heterocycles. The van der Waals surface area contributed by atoms with Gasteiger partial charge in [-0.2, -0.15) is 0 Å². The zero-order valence-corrected chi connectivity index (χ0v) is 7.47. The maximum absolute atomic E-state index is 5.40. The molecule has 1 saturated carbocycles. The van der Waals surface area contributed by atoms with Crippen LogP contribution < -0.4 is 5.73 Å². The second kappa shape index (κ2) is 4.55. The van der Waals surface area contributed by atoms with E-state index < -0.39 is 0 Å². The second-order valence-corrected chi connectivity index (χ2v) is 3.61. The summed E-state index contributed by atoms with van der Waals surface area (Å²) in [6, 6.07) is 0. The van der Waals surface area contributed by atoms with Gasteiger partial charge < -0.3 is 5.73 Å². The molecule has 0 radical (unpaired) electrons. The van der Waals surface area contributed by atoms with Gasteiger partial charge in [0, 0.05) is 0 Å². The molecule has 1 heteroatoms. The number of hydrogen-bond acceptors (Lipinski definition) is 1. The highest BCUT2D eigenvalue weighted by Gasteiger charge is 2.20. The lowest BCUT2D eigenvalue weighted by molar-refractivity contribution is 0.718. The fraction of sp³-hybridized carbons (Fsp3) is 0.800. The zero-order valence-electron chi connectivity index (χ0n) is 7.47. The third-order valence-electron chi connectivity index (χ3n) is 2.30. The maximum Gasteiger partial charge on any atom is -0.00425 e. The summed E-state index contributed by atoms with van der Waals surface area (Å²) < 4.78 is 0. The molecule has 0 atom stereocenters. The van der Waals surface area contributed by atoms with Crippen molar-refractivity contribution in [2.45, 2.75) is 39.0 Å². The van der Waals surface area contributed by atoms with Crippen molar-refractivity contribution in [1.82, 2.24) is 0 Å². The van der Waals surface area contributed by atoms with Gasteiger partial charge in [0.15, 0.2) is 0 Å². The molecule has 64 valence electrons. The van der Waals surface area contributed by atoms with E-state index in [1.165, 1.54) is 31.3 Å². The van der Waals surface area contributed by atoms with Crippen LogP contribution in [-0.4, -0.2) is 6.54 Å². The molecular weight excluding hydrogens is 134 g/mol. The molecule has 11 heavy (non-hydrogen) atoms. The Hall–Kier alpha value is -0.300. The van der Waals surface area contributed by atoms with E-state index in [-0.39, 0.29) is 0 Å². The summed E-state index contributed by atoms with van der Waals surface area (Å²) in [5.41, 5.74) is 6.93. The van der Waals surface area contributed by atoms with Gasteiger partial charge in [-0.3, -0.25) is 0 Å². The normalized spacial score (nSPS) is 18.9. The highest BCUT2D eigenvalue weighted by atomic mass is 14.5. The van der Waals surface area contributed by atoms with Crippen LogP contribution in [-0.2, 0) is 0 Å². The van der Waals surface area contributed by atoms with Crippen LogP contribution in [0.3, 0.4) is 0 Å². The van der Waals surface area contributed by atoms with Gasteiger partial charge >= 0.3 is 0 Å². The van der Waals surface area contributed by atoms with Crippen LogP contribution in [0, 0.1) is 5.92 Å². The molecule has 2 N–H and O–H groups in total. The van der Waals surface area contributed by atoms with E-state index in [1.54, 1.807) is 0 Å². The summed E-state index contributed by atoms with van der Waals surface area (Å²) >= 11 is 0. The first-order valence-electron chi connectivity index (χ1n) is 4.68. The minimum Gasteiger partial charge on any atom is -0.330 e. The summed E-state index contributed by atoms with van der Waals surface area (Å²) in [7, 11) is 0. The third-order valence-corrected chi connectivity index (χ3v) is 2.30. The summed E-state index contributed by atoms with van der Waals surface area (Å²) in [5.74, 6) is 1.07. The van der Waals surface area contributed by atoms with E-state index in [4.69, 9.17) is 5.73 Å². The van der Waals surface area contributed by atoms with Gasteiger partial charge in [0.1, 0.15) is 0 Å². The van der Waals surface area contributed by atoms with Crippen molar-refractivity contribution >= 4 is 0 Å². The van der Waals surface area contributed by atoms with Crippen LogP contribution in [0.4, 0.5) is 0 Å². The van der Waals surface area contributed by atoms with E-state index in [2.05, 4.69) is 13.0 Å². The Labute approximate surface area is 69.7 Å². The minimum absolute atomic E-state index is 0.792. The van der Waals surface area contributed by atoms with Crippen molar-refractivity contribution in [1.29, 1.82) is 0 Å². The van der Waals surface area contributed by atoms with Gasteiger partial charge in [-0.1, -0.05) is 24.5 Å². The largest absolute Gasteiger partial charge is 0.330 e. The van der Waals surface area contributed by atoms with E-state index in [0.29, 0.717) is 0 Å². The van der Waals surface area contributed by atoms with E-state index >= 15 is 0 Å². The van der Waals surface area contributed by atoms with Crippen molar-refractivity contribution in [2.24, 2.45) is 11.7 Å². The lowest BCUT2D eigenvalue weighted by atomic mass is 10.1.